The van der Waals surface area contributed by atoms with E-state index in [0.717, 1.165) is 62.5 Å². The Morgan fingerprint density at radius 1 is 1.08 bits per heavy atom. The molecule has 0 heterocycles. The van der Waals surface area contributed by atoms with E-state index in [1.165, 1.54) is 0 Å². The second-order valence-electron chi connectivity index (χ2n) is 9.93. The monoisotopic (exact) mass is 504 g/mol. The fraction of sp³-hybridized carbons (Fsp3) is 0.667. The predicted octanol–water partition coefficient (Wildman–Crippen LogP) is 2.60. The van der Waals surface area contributed by atoms with Crippen molar-refractivity contribution < 1.29 is 33.7 Å². The van der Waals surface area contributed by atoms with Crippen LogP contribution in [0.5, 0.6) is 5.75 Å². The van der Waals surface area contributed by atoms with E-state index in [4.69, 9.17) is 30.8 Å². The summed E-state index contributed by atoms with van der Waals surface area (Å²) in [7, 11) is 0. The zero-order chi connectivity index (χ0) is 26.1. The molecular formula is C27H40N2O7. The van der Waals surface area contributed by atoms with Gasteiger partial charge in [0.1, 0.15) is 18.0 Å². The molecule has 1 fully saturated rings. The van der Waals surface area contributed by atoms with Crippen LogP contribution in [0.4, 0.5) is 0 Å². The highest BCUT2D eigenvalue weighted by molar-refractivity contribution is 5.72. The molecule has 1 aromatic carbocycles. The van der Waals surface area contributed by atoms with Gasteiger partial charge >= 0.3 is 17.9 Å². The van der Waals surface area contributed by atoms with Gasteiger partial charge in [0, 0.05) is 0 Å². The van der Waals surface area contributed by atoms with Crippen LogP contribution in [0, 0.1) is 17.8 Å². The van der Waals surface area contributed by atoms with Crippen molar-refractivity contribution in [2.75, 3.05) is 19.7 Å². The molecule has 2 unspecified atom stereocenters. The standard InChI is InChI=1S/C27H40N2O7/c1-2-3-4-7-19(35-26(32)14-28)9-10-20-21-11-17-6-5-8-23(34-16-25(30)31)22(17)12-18(21)13-24(20)36-27(33)15-29/h5-6,8,18-21,24H,2-4,7,9-16,28-29H2,1H3,(H,30,31)/t18?,19-,20-,21?,24-/m1/s1. The van der Waals surface area contributed by atoms with Crippen molar-refractivity contribution in [2.45, 2.75) is 76.9 Å². The largest absolute Gasteiger partial charge is 0.482 e. The number of carbonyl (C=O) groups excluding carboxylic acids is 2. The van der Waals surface area contributed by atoms with Gasteiger partial charge in [0.25, 0.3) is 0 Å². The van der Waals surface area contributed by atoms with Crippen molar-refractivity contribution in [3.05, 3.63) is 29.3 Å². The van der Waals surface area contributed by atoms with E-state index < -0.39 is 17.9 Å². The molecule has 3 rings (SSSR count). The Kier molecular flexibility index (Phi) is 10.6. The van der Waals surface area contributed by atoms with Gasteiger partial charge in [-0.05, 0) is 79.9 Å². The summed E-state index contributed by atoms with van der Waals surface area (Å²) in [6, 6.07) is 5.77. The molecule has 9 nitrogen and oxygen atoms in total. The molecule has 1 aromatic rings. The number of benzene rings is 1. The number of carbonyl (C=O) groups is 3. The molecular weight excluding hydrogens is 464 g/mol. The molecule has 5 N–H and O–H groups in total. The third kappa shape index (κ3) is 7.43. The molecule has 0 bridgehead atoms. The number of aliphatic carboxylic acids is 1. The number of unbranched alkanes of at least 4 members (excludes halogenated alkanes) is 2. The number of fused-ring (bicyclic) bond motifs is 2. The first-order valence-electron chi connectivity index (χ1n) is 13.1. The highest BCUT2D eigenvalue weighted by Crippen LogP contribution is 2.49. The first kappa shape index (κ1) is 27.9. The Morgan fingerprint density at radius 3 is 2.56 bits per heavy atom. The number of carboxylic acid groups (broad SMARTS) is 1. The minimum atomic E-state index is -1.01. The molecule has 0 aliphatic heterocycles. The normalized spacial score (nSPS) is 23.3. The Hall–Kier alpha value is -2.65. The summed E-state index contributed by atoms with van der Waals surface area (Å²) in [5, 5.41) is 9.03. The summed E-state index contributed by atoms with van der Waals surface area (Å²) < 4.78 is 17.0. The quantitative estimate of drug-likeness (QED) is 0.256. The van der Waals surface area contributed by atoms with E-state index in [1.54, 1.807) is 0 Å². The highest BCUT2D eigenvalue weighted by Gasteiger charge is 2.47. The van der Waals surface area contributed by atoms with E-state index in [9.17, 15) is 14.4 Å². The van der Waals surface area contributed by atoms with Crippen LogP contribution in [-0.4, -0.2) is 54.9 Å². The first-order chi connectivity index (χ1) is 17.4. The van der Waals surface area contributed by atoms with Gasteiger partial charge < -0.3 is 30.8 Å². The van der Waals surface area contributed by atoms with E-state index in [1.807, 2.05) is 12.1 Å². The Labute approximate surface area is 212 Å². The van der Waals surface area contributed by atoms with Crippen molar-refractivity contribution in [1.82, 2.24) is 0 Å². The number of carboxylic acids is 1. The lowest BCUT2D eigenvalue weighted by molar-refractivity contribution is -0.150. The lowest BCUT2D eigenvalue weighted by Crippen LogP contribution is -2.32. The van der Waals surface area contributed by atoms with Crippen molar-refractivity contribution >= 4 is 17.9 Å². The number of ether oxygens (including phenoxy) is 3. The molecule has 0 amide bonds. The van der Waals surface area contributed by atoms with Gasteiger partial charge in [0.05, 0.1) is 13.1 Å². The van der Waals surface area contributed by atoms with Crippen LogP contribution in [0.25, 0.3) is 0 Å². The second-order valence-corrected chi connectivity index (χ2v) is 9.93. The number of rotatable bonds is 14. The van der Waals surface area contributed by atoms with Crippen LogP contribution in [0.1, 0.15) is 63.0 Å². The number of hydrogen-bond donors (Lipinski definition) is 3. The van der Waals surface area contributed by atoms with E-state index in [2.05, 4.69) is 13.0 Å². The zero-order valence-corrected chi connectivity index (χ0v) is 21.2. The smallest absolute Gasteiger partial charge is 0.341 e. The summed E-state index contributed by atoms with van der Waals surface area (Å²) in [4.78, 5) is 35.1. The number of nitrogens with two attached hydrogens (primary N) is 2. The molecule has 9 heteroatoms. The van der Waals surface area contributed by atoms with E-state index in [-0.39, 0.29) is 43.7 Å². The maximum atomic E-state index is 12.1. The fourth-order valence-corrected chi connectivity index (χ4v) is 5.90. The maximum Gasteiger partial charge on any atom is 0.341 e. The summed E-state index contributed by atoms with van der Waals surface area (Å²) in [5.41, 5.74) is 13.2. The molecule has 2 aliphatic carbocycles. The van der Waals surface area contributed by atoms with Crippen LogP contribution in [-0.2, 0) is 36.7 Å². The fourth-order valence-electron chi connectivity index (χ4n) is 5.90. The number of esters is 2. The van der Waals surface area contributed by atoms with Crippen LogP contribution >= 0.6 is 0 Å². The Balaban J connectivity index is 1.76. The van der Waals surface area contributed by atoms with Crippen LogP contribution in [0.3, 0.4) is 0 Å². The molecule has 0 aromatic heterocycles. The van der Waals surface area contributed by atoms with E-state index >= 15 is 0 Å². The third-order valence-corrected chi connectivity index (χ3v) is 7.54. The molecule has 200 valence electrons. The molecule has 0 saturated heterocycles. The zero-order valence-electron chi connectivity index (χ0n) is 21.2. The molecule has 36 heavy (non-hydrogen) atoms. The van der Waals surface area contributed by atoms with Gasteiger partial charge in [-0.1, -0.05) is 31.9 Å². The van der Waals surface area contributed by atoms with Crippen LogP contribution < -0.4 is 16.2 Å². The SMILES string of the molecule is CCCCC[C@H](CC[C@@H]1C2Cc3cccc(OCC(=O)O)c3CC2C[C@H]1OC(=O)CN)OC(=O)CN. The van der Waals surface area contributed by atoms with E-state index in [0.29, 0.717) is 18.1 Å². The van der Waals surface area contributed by atoms with Gasteiger partial charge in [-0.3, -0.25) is 9.59 Å². The lowest BCUT2D eigenvalue weighted by Gasteiger charge is -2.33. The van der Waals surface area contributed by atoms with Crippen LogP contribution in [0.15, 0.2) is 18.2 Å². The average Bonchev–Trinajstić information content (AvgIpc) is 3.19. The molecule has 2 aliphatic rings. The minimum absolute atomic E-state index is 0.118. The van der Waals surface area contributed by atoms with Gasteiger partial charge in [0.15, 0.2) is 6.61 Å². The number of hydrogen-bond acceptors (Lipinski definition) is 8. The first-order valence-corrected chi connectivity index (χ1v) is 13.1. The van der Waals surface area contributed by atoms with Gasteiger partial charge in [-0.2, -0.15) is 0 Å². The van der Waals surface area contributed by atoms with Gasteiger partial charge in [-0.25, -0.2) is 4.79 Å². The molecule has 0 spiro atoms. The molecule has 5 atom stereocenters. The van der Waals surface area contributed by atoms with Crippen LogP contribution in [0.2, 0.25) is 0 Å². The van der Waals surface area contributed by atoms with Crippen molar-refractivity contribution in [3.8, 4) is 5.75 Å². The second kappa shape index (κ2) is 13.6. The van der Waals surface area contributed by atoms with Crippen molar-refractivity contribution in [2.24, 2.45) is 29.2 Å². The minimum Gasteiger partial charge on any atom is -0.482 e. The summed E-state index contributed by atoms with van der Waals surface area (Å²) in [5.74, 6) is -0.528. The molecule has 1 saturated carbocycles. The average molecular weight is 505 g/mol. The third-order valence-electron chi connectivity index (χ3n) is 7.54. The molecule has 0 radical (unpaired) electrons. The van der Waals surface area contributed by atoms with Crippen molar-refractivity contribution in [1.29, 1.82) is 0 Å². The summed E-state index contributed by atoms with van der Waals surface area (Å²) >= 11 is 0. The topological polar surface area (TPSA) is 151 Å². The highest BCUT2D eigenvalue weighted by atomic mass is 16.5. The van der Waals surface area contributed by atoms with Crippen molar-refractivity contribution in [3.63, 3.8) is 0 Å². The van der Waals surface area contributed by atoms with Gasteiger partial charge in [-0.15, -0.1) is 0 Å². The Morgan fingerprint density at radius 2 is 1.86 bits per heavy atom. The summed E-state index contributed by atoms with van der Waals surface area (Å²) in [6.45, 7) is 1.44. The van der Waals surface area contributed by atoms with Gasteiger partial charge in [0.2, 0.25) is 0 Å². The summed E-state index contributed by atoms with van der Waals surface area (Å²) in [6.07, 6.45) is 7.19. The predicted molar refractivity (Wildman–Crippen MR) is 133 cm³/mol. The lowest BCUT2D eigenvalue weighted by atomic mass is 9.73. The maximum absolute atomic E-state index is 12.1. The Bertz CT molecular complexity index is 906.